The molecule has 3 aromatic rings. The quantitative estimate of drug-likeness (QED) is 0.579. The third kappa shape index (κ3) is 4.11. The standard InChI is InChI=1S/C18H16F3N5O4/c1-28-12-7-10(8-13(29-2)14(12)30-3)24-16-22-9-23-17(25-16)26-6-4-5-11(26)15(27)18(19,20)21/h4-9H,1-3H3,(H,22,23,24,25). The number of Topliss-reactive ketones (excluding diaryl/α,β-unsaturated/α-hetero) is 1. The second kappa shape index (κ2) is 8.27. The lowest BCUT2D eigenvalue weighted by Gasteiger charge is -2.15. The first-order chi connectivity index (χ1) is 14.3. The van der Waals surface area contributed by atoms with Crippen molar-refractivity contribution in [3.8, 4) is 23.2 Å². The van der Waals surface area contributed by atoms with Gasteiger partial charge in [-0.15, -0.1) is 0 Å². The molecule has 0 spiro atoms. The van der Waals surface area contributed by atoms with Gasteiger partial charge >= 0.3 is 6.18 Å². The molecular weight excluding hydrogens is 407 g/mol. The van der Waals surface area contributed by atoms with Crippen molar-refractivity contribution in [2.75, 3.05) is 26.6 Å². The van der Waals surface area contributed by atoms with Gasteiger partial charge in [-0.1, -0.05) is 0 Å². The SMILES string of the molecule is COc1cc(Nc2ncnc(-n3cccc3C(=O)C(F)(F)F)n2)cc(OC)c1OC. The predicted octanol–water partition coefficient (Wildman–Crippen LogP) is 3.18. The molecule has 30 heavy (non-hydrogen) atoms. The molecule has 0 amide bonds. The van der Waals surface area contributed by atoms with Gasteiger partial charge < -0.3 is 19.5 Å². The molecule has 0 unspecified atom stereocenters. The summed E-state index contributed by atoms with van der Waals surface area (Å²) in [4.78, 5) is 23.5. The summed E-state index contributed by atoms with van der Waals surface area (Å²) in [7, 11) is 4.36. The fraction of sp³-hybridized carbons (Fsp3) is 0.222. The highest BCUT2D eigenvalue weighted by molar-refractivity contribution is 5.99. The van der Waals surface area contributed by atoms with Crippen LogP contribution in [-0.2, 0) is 0 Å². The van der Waals surface area contributed by atoms with Crippen LogP contribution in [0.2, 0.25) is 0 Å². The van der Waals surface area contributed by atoms with Crippen LogP contribution >= 0.6 is 0 Å². The minimum absolute atomic E-state index is 0.0216. The fourth-order valence-electron chi connectivity index (χ4n) is 2.63. The maximum atomic E-state index is 12.8. The third-order valence-electron chi connectivity index (χ3n) is 3.93. The van der Waals surface area contributed by atoms with Crippen molar-refractivity contribution in [2.45, 2.75) is 6.18 Å². The summed E-state index contributed by atoms with van der Waals surface area (Å²) in [6.45, 7) is 0. The molecule has 0 bridgehead atoms. The maximum absolute atomic E-state index is 12.8. The van der Waals surface area contributed by atoms with Gasteiger partial charge in [0.2, 0.25) is 17.6 Å². The third-order valence-corrected chi connectivity index (χ3v) is 3.93. The summed E-state index contributed by atoms with van der Waals surface area (Å²) >= 11 is 0. The Balaban J connectivity index is 1.95. The number of ether oxygens (including phenoxy) is 3. The predicted molar refractivity (Wildman–Crippen MR) is 98.9 cm³/mol. The average molecular weight is 423 g/mol. The van der Waals surface area contributed by atoms with Crippen LogP contribution in [0.4, 0.5) is 24.8 Å². The first kappa shape index (κ1) is 20.9. The number of carbonyl (C=O) groups excluding carboxylic acids is 1. The molecule has 2 heterocycles. The minimum Gasteiger partial charge on any atom is -0.493 e. The van der Waals surface area contributed by atoms with Gasteiger partial charge in [-0.25, -0.2) is 9.97 Å². The van der Waals surface area contributed by atoms with Crippen LogP contribution in [0, 0.1) is 0 Å². The van der Waals surface area contributed by atoms with Gasteiger partial charge in [0.05, 0.1) is 21.3 Å². The van der Waals surface area contributed by atoms with Crippen LogP contribution < -0.4 is 19.5 Å². The zero-order valence-electron chi connectivity index (χ0n) is 16.0. The Kier molecular flexibility index (Phi) is 5.76. The molecule has 1 aromatic carbocycles. The van der Waals surface area contributed by atoms with E-state index < -0.39 is 17.7 Å². The van der Waals surface area contributed by atoms with Gasteiger partial charge in [-0.3, -0.25) is 9.36 Å². The lowest BCUT2D eigenvalue weighted by molar-refractivity contribution is -0.0889. The van der Waals surface area contributed by atoms with E-state index in [1.165, 1.54) is 33.6 Å². The summed E-state index contributed by atoms with van der Waals surface area (Å²) in [5, 5.41) is 2.89. The molecule has 0 fully saturated rings. The molecule has 3 rings (SSSR count). The van der Waals surface area contributed by atoms with E-state index in [0.717, 1.165) is 17.0 Å². The van der Waals surface area contributed by atoms with E-state index in [9.17, 15) is 18.0 Å². The van der Waals surface area contributed by atoms with Crippen molar-refractivity contribution in [1.29, 1.82) is 0 Å². The Morgan fingerprint density at radius 3 is 2.30 bits per heavy atom. The van der Waals surface area contributed by atoms with E-state index in [4.69, 9.17) is 14.2 Å². The highest BCUT2D eigenvalue weighted by Crippen LogP contribution is 2.40. The Morgan fingerprint density at radius 2 is 1.73 bits per heavy atom. The molecular formula is C18H16F3N5O4. The fourth-order valence-corrected chi connectivity index (χ4v) is 2.63. The van der Waals surface area contributed by atoms with Crippen molar-refractivity contribution < 1.29 is 32.2 Å². The number of aromatic nitrogens is 4. The van der Waals surface area contributed by atoms with E-state index in [1.54, 1.807) is 12.1 Å². The van der Waals surface area contributed by atoms with Crippen molar-refractivity contribution in [1.82, 2.24) is 19.5 Å². The second-order valence-corrected chi connectivity index (χ2v) is 5.74. The number of nitrogens with zero attached hydrogens (tertiary/aromatic N) is 4. The Labute approximate surface area is 168 Å². The number of carbonyl (C=O) groups is 1. The number of alkyl halides is 3. The van der Waals surface area contributed by atoms with Crippen LogP contribution in [-0.4, -0.2) is 52.8 Å². The van der Waals surface area contributed by atoms with Crippen LogP contribution in [0.25, 0.3) is 5.95 Å². The summed E-state index contributed by atoms with van der Waals surface area (Å²) in [6, 6.07) is 5.51. The number of rotatable bonds is 7. The molecule has 0 atom stereocenters. The molecule has 9 nitrogen and oxygen atoms in total. The number of halogens is 3. The zero-order chi connectivity index (χ0) is 21.9. The Bertz CT molecular complexity index is 1040. The summed E-state index contributed by atoms with van der Waals surface area (Å²) < 4.78 is 55.2. The van der Waals surface area contributed by atoms with Crippen molar-refractivity contribution >= 4 is 17.4 Å². The van der Waals surface area contributed by atoms with Gasteiger partial charge in [0, 0.05) is 24.0 Å². The number of hydrogen-bond donors (Lipinski definition) is 1. The molecule has 0 saturated carbocycles. The first-order valence-electron chi connectivity index (χ1n) is 8.33. The Hall–Kier alpha value is -3.83. The molecule has 0 saturated heterocycles. The lowest BCUT2D eigenvalue weighted by Crippen LogP contribution is -2.25. The van der Waals surface area contributed by atoms with Crippen LogP contribution in [0.5, 0.6) is 17.2 Å². The molecule has 0 radical (unpaired) electrons. The molecule has 158 valence electrons. The largest absolute Gasteiger partial charge is 0.493 e. The topological polar surface area (TPSA) is 100 Å². The van der Waals surface area contributed by atoms with Gasteiger partial charge in [-0.2, -0.15) is 18.2 Å². The number of methoxy groups -OCH3 is 3. The van der Waals surface area contributed by atoms with Crippen LogP contribution in [0.15, 0.2) is 36.8 Å². The minimum atomic E-state index is -5.03. The van der Waals surface area contributed by atoms with E-state index in [-0.39, 0.29) is 11.9 Å². The van der Waals surface area contributed by atoms with Gasteiger partial charge in [-0.05, 0) is 12.1 Å². The zero-order valence-corrected chi connectivity index (χ0v) is 16.0. The van der Waals surface area contributed by atoms with E-state index >= 15 is 0 Å². The maximum Gasteiger partial charge on any atom is 0.456 e. The molecule has 0 aliphatic carbocycles. The average Bonchev–Trinajstić information content (AvgIpc) is 3.21. The summed E-state index contributed by atoms with van der Waals surface area (Å²) in [5.41, 5.74) is -0.159. The normalized spacial score (nSPS) is 11.1. The van der Waals surface area contributed by atoms with E-state index in [1.807, 2.05) is 0 Å². The highest BCUT2D eigenvalue weighted by atomic mass is 19.4. The highest BCUT2D eigenvalue weighted by Gasteiger charge is 2.41. The van der Waals surface area contributed by atoms with Crippen LogP contribution in [0.3, 0.4) is 0 Å². The molecule has 0 aliphatic heterocycles. The van der Waals surface area contributed by atoms with Crippen LogP contribution in [0.1, 0.15) is 10.5 Å². The molecule has 0 aliphatic rings. The van der Waals surface area contributed by atoms with Gasteiger partial charge in [0.1, 0.15) is 12.0 Å². The molecule has 12 heteroatoms. The number of benzene rings is 1. The second-order valence-electron chi connectivity index (χ2n) is 5.74. The number of hydrogen-bond acceptors (Lipinski definition) is 8. The first-order valence-corrected chi connectivity index (χ1v) is 8.33. The van der Waals surface area contributed by atoms with E-state index in [2.05, 4.69) is 20.3 Å². The van der Waals surface area contributed by atoms with Crippen molar-refractivity contribution in [2.24, 2.45) is 0 Å². The number of nitrogens with one attached hydrogen (secondary N) is 1. The van der Waals surface area contributed by atoms with E-state index in [0.29, 0.717) is 22.9 Å². The van der Waals surface area contributed by atoms with Crippen molar-refractivity contribution in [3.63, 3.8) is 0 Å². The monoisotopic (exact) mass is 423 g/mol. The summed E-state index contributed by atoms with van der Waals surface area (Å²) in [5.74, 6) is -1.03. The molecule has 1 N–H and O–H groups in total. The number of anilines is 2. The Morgan fingerprint density at radius 1 is 1.07 bits per heavy atom. The smallest absolute Gasteiger partial charge is 0.456 e. The van der Waals surface area contributed by atoms with Gasteiger partial charge in [0.25, 0.3) is 5.78 Å². The molecule has 2 aromatic heterocycles. The number of ketones is 1. The van der Waals surface area contributed by atoms with Crippen molar-refractivity contribution in [3.05, 3.63) is 42.5 Å². The van der Waals surface area contributed by atoms with Gasteiger partial charge in [0.15, 0.2) is 11.5 Å². The summed E-state index contributed by atoms with van der Waals surface area (Å²) in [6.07, 6.45) is -2.68. The lowest BCUT2D eigenvalue weighted by atomic mass is 10.2.